The van der Waals surface area contributed by atoms with Crippen molar-refractivity contribution in [2.75, 3.05) is 13.1 Å². The van der Waals surface area contributed by atoms with Crippen LogP contribution in [0, 0.1) is 0 Å². The highest BCUT2D eigenvalue weighted by Crippen LogP contribution is 2.14. The summed E-state index contributed by atoms with van der Waals surface area (Å²) in [6.45, 7) is 12.6. The fourth-order valence-corrected chi connectivity index (χ4v) is 1.77. The zero-order valence-electron chi connectivity index (χ0n) is 10.9. The Balaban J connectivity index is 2.61. The van der Waals surface area contributed by atoms with Crippen molar-refractivity contribution in [3.05, 3.63) is 23.7 Å². The van der Waals surface area contributed by atoms with E-state index < -0.39 is 0 Å². The van der Waals surface area contributed by atoms with Gasteiger partial charge < -0.3 is 9.73 Å². The maximum absolute atomic E-state index is 5.56. The molecule has 3 nitrogen and oxygen atoms in total. The molecule has 0 atom stereocenters. The molecule has 0 aliphatic heterocycles. The van der Waals surface area contributed by atoms with E-state index in [1.54, 1.807) is 6.26 Å². The first kappa shape index (κ1) is 13.3. The molecule has 0 aliphatic carbocycles. The number of furan rings is 1. The highest BCUT2D eigenvalue weighted by Gasteiger charge is 2.12. The average Bonchev–Trinajstić information content (AvgIpc) is 2.69. The van der Waals surface area contributed by atoms with Crippen LogP contribution in [0.15, 0.2) is 16.7 Å². The topological polar surface area (TPSA) is 28.4 Å². The number of hydrogen-bond donors (Lipinski definition) is 1. The highest BCUT2D eigenvalue weighted by molar-refractivity contribution is 5.16. The van der Waals surface area contributed by atoms with Gasteiger partial charge in [-0.25, -0.2) is 0 Å². The normalized spacial score (nSPS) is 11.6. The lowest BCUT2D eigenvalue weighted by molar-refractivity contribution is 0.206. The van der Waals surface area contributed by atoms with E-state index in [1.165, 1.54) is 5.56 Å². The van der Waals surface area contributed by atoms with Crippen LogP contribution in [0.3, 0.4) is 0 Å². The summed E-state index contributed by atoms with van der Waals surface area (Å²) in [4.78, 5) is 2.40. The summed E-state index contributed by atoms with van der Waals surface area (Å²) in [5.74, 6) is 1.09. The molecular formula is C13H24N2O. The van der Waals surface area contributed by atoms with E-state index in [1.807, 2.05) is 0 Å². The Kier molecular flexibility index (Phi) is 5.56. The number of nitrogens with zero attached hydrogens (tertiary/aromatic N) is 1. The van der Waals surface area contributed by atoms with E-state index in [2.05, 4.69) is 44.0 Å². The molecule has 0 saturated carbocycles. The minimum atomic E-state index is 0.557. The maximum atomic E-state index is 5.56. The van der Waals surface area contributed by atoms with Crippen molar-refractivity contribution in [2.24, 2.45) is 0 Å². The van der Waals surface area contributed by atoms with Crippen molar-refractivity contribution in [3.8, 4) is 0 Å². The lowest BCUT2D eigenvalue weighted by Crippen LogP contribution is -2.30. The quantitative estimate of drug-likeness (QED) is 0.771. The van der Waals surface area contributed by atoms with Gasteiger partial charge in [0, 0.05) is 18.2 Å². The predicted molar refractivity (Wildman–Crippen MR) is 67.3 cm³/mol. The van der Waals surface area contributed by atoms with Crippen LogP contribution in [-0.4, -0.2) is 24.0 Å². The van der Waals surface area contributed by atoms with E-state index in [0.29, 0.717) is 6.04 Å². The molecular weight excluding hydrogens is 200 g/mol. The summed E-state index contributed by atoms with van der Waals surface area (Å²) in [5, 5.41) is 3.33. The minimum Gasteiger partial charge on any atom is -0.468 e. The Morgan fingerprint density at radius 3 is 2.69 bits per heavy atom. The molecule has 0 aromatic carbocycles. The van der Waals surface area contributed by atoms with E-state index in [4.69, 9.17) is 4.42 Å². The summed E-state index contributed by atoms with van der Waals surface area (Å²) in [7, 11) is 0. The molecule has 0 radical (unpaired) electrons. The molecule has 1 N–H and O–H groups in total. The lowest BCUT2D eigenvalue weighted by Gasteiger charge is -2.24. The van der Waals surface area contributed by atoms with Gasteiger partial charge in [0.15, 0.2) is 0 Å². The minimum absolute atomic E-state index is 0.557. The van der Waals surface area contributed by atoms with Gasteiger partial charge in [0.25, 0.3) is 0 Å². The fourth-order valence-electron chi connectivity index (χ4n) is 1.77. The van der Waals surface area contributed by atoms with Gasteiger partial charge in [-0.3, -0.25) is 4.90 Å². The first-order chi connectivity index (χ1) is 7.69. The Hall–Kier alpha value is -0.800. The molecule has 0 bridgehead atoms. The number of hydrogen-bond acceptors (Lipinski definition) is 3. The van der Waals surface area contributed by atoms with Gasteiger partial charge in [-0.05, 0) is 33.0 Å². The molecule has 0 spiro atoms. The molecule has 0 unspecified atom stereocenters. The van der Waals surface area contributed by atoms with Gasteiger partial charge in [0.2, 0.25) is 0 Å². The van der Waals surface area contributed by atoms with Crippen molar-refractivity contribution in [1.29, 1.82) is 0 Å². The van der Waals surface area contributed by atoms with Gasteiger partial charge in [0.1, 0.15) is 5.76 Å². The average molecular weight is 224 g/mol. The Morgan fingerprint density at radius 2 is 2.12 bits per heavy atom. The zero-order valence-corrected chi connectivity index (χ0v) is 10.9. The van der Waals surface area contributed by atoms with Gasteiger partial charge in [-0.2, -0.15) is 0 Å². The predicted octanol–water partition coefficient (Wildman–Crippen LogP) is 2.62. The van der Waals surface area contributed by atoms with Crippen molar-refractivity contribution in [2.45, 2.75) is 46.8 Å². The Bertz CT molecular complexity index is 294. The van der Waals surface area contributed by atoms with Crippen LogP contribution in [0.2, 0.25) is 0 Å². The molecule has 0 amide bonds. The zero-order chi connectivity index (χ0) is 12.0. The monoisotopic (exact) mass is 224 g/mol. The molecule has 16 heavy (non-hydrogen) atoms. The Labute approximate surface area is 98.8 Å². The molecule has 1 rings (SSSR count). The first-order valence-corrected chi connectivity index (χ1v) is 6.19. The van der Waals surface area contributed by atoms with E-state index in [-0.39, 0.29) is 0 Å². The van der Waals surface area contributed by atoms with Gasteiger partial charge in [-0.15, -0.1) is 0 Å². The summed E-state index contributed by atoms with van der Waals surface area (Å²) in [5.41, 5.74) is 1.28. The molecule has 1 heterocycles. The second-order valence-electron chi connectivity index (χ2n) is 4.31. The SMILES string of the molecule is CCNCc1ccoc1CN(CC)C(C)C. The van der Waals surface area contributed by atoms with Gasteiger partial charge in [0.05, 0.1) is 12.8 Å². The lowest BCUT2D eigenvalue weighted by atomic mass is 10.2. The summed E-state index contributed by atoms with van der Waals surface area (Å²) < 4.78 is 5.56. The molecule has 0 aliphatic rings. The molecule has 0 fully saturated rings. The van der Waals surface area contributed by atoms with Crippen LogP contribution < -0.4 is 5.32 Å². The summed E-state index contributed by atoms with van der Waals surface area (Å²) in [6.07, 6.45) is 1.79. The van der Waals surface area contributed by atoms with Crippen LogP contribution in [-0.2, 0) is 13.1 Å². The van der Waals surface area contributed by atoms with Crippen LogP contribution in [0.1, 0.15) is 39.0 Å². The van der Waals surface area contributed by atoms with Crippen molar-refractivity contribution in [1.82, 2.24) is 10.2 Å². The standard InChI is InChI=1S/C13H24N2O/c1-5-14-9-12-7-8-16-13(12)10-15(6-2)11(3)4/h7-8,11,14H,5-6,9-10H2,1-4H3. The van der Waals surface area contributed by atoms with E-state index >= 15 is 0 Å². The second-order valence-corrected chi connectivity index (χ2v) is 4.31. The van der Waals surface area contributed by atoms with Crippen molar-refractivity contribution < 1.29 is 4.42 Å². The van der Waals surface area contributed by atoms with E-state index in [9.17, 15) is 0 Å². The summed E-state index contributed by atoms with van der Waals surface area (Å²) in [6, 6.07) is 2.62. The molecule has 1 aromatic rings. The smallest absolute Gasteiger partial charge is 0.122 e. The van der Waals surface area contributed by atoms with Crippen LogP contribution in [0.4, 0.5) is 0 Å². The van der Waals surface area contributed by atoms with Crippen molar-refractivity contribution >= 4 is 0 Å². The van der Waals surface area contributed by atoms with E-state index in [0.717, 1.165) is 31.9 Å². The Morgan fingerprint density at radius 1 is 1.38 bits per heavy atom. The van der Waals surface area contributed by atoms with Crippen LogP contribution in [0.5, 0.6) is 0 Å². The summed E-state index contributed by atoms with van der Waals surface area (Å²) >= 11 is 0. The molecule has 3 heteroatoms. The molecule has 0 saturated heterocycles. The third kappa shape index (κ3) is 3.65. The second kappa shape index (κ2) is 6.71. The third-order valence-corrected chi connectivity index (χ3v) is 2.89. The fraction of sp³-hybridized carbons (Fsp3) is 0.692. The first-order valence-electron chi connectivity index (χ1n) is 6.19. The van der Waals surface area contributed by atoms with Crippen LogP contribution >= 0.6 is 0 Å². The largest absolute Gasteiger partial charge is 0.468 e. The van der Waals surface area contributed by atoms with Gasteiger partial charge in [-0.1, -0.05) is 13.8 Å². The number of rotatable bonds is 7. The molecule has 92 valence electrons. The van der Waals surface area contributed by atoms with Crippen LogP contribution in [0.25, 0.3) is 0 Å². The number of nitrogens with one attached hydrogen (secondary N) is 1. The highest BCUT2D eigenvalue weighted by atomic mass is 16.3. The van der Waals surface area contributed by atoms with Crippen molar-refractivity contribution in [3.63, 3.8) is 0 Å². The third-order valence-electron chi connectivity index (χ3n) is 2.89. The van der Waals surface area contributed by atoms with Gasteiger partial charge >= 0.3 is 0 Å². The maximum Gasteiger partial charge on any atom is 0.122 e. The molecule has 1 aromatic heterocycles.